The molecule has 0 spiro atoms. The third-order valence-corrected chi connectivity index (χ3v) is 2.74. The summed E-state index contributed by atoms with van der Waals surface area (Å²) in [7, 11) is 0. The van der Waals surface area contributed by atoms with Crippen LogP contribution in [0, 0.1) is 0 Å². The van der Waals surface area contributed by atoms with Gasteiger partial charge in [-0.3, -0.25) is 4.84 Å². The summed E-state index contributed by atoms with van der Waals surface area (Å²) < 4.78 is 80.2. The number of carbonyl (C=O) groups is 1. The van der Waals surface area contributed by atoms with Crippen LogP contribution in [0.25, 0.3) is 0 Å². The van der Waals surface area contributed by atoms with E-state index in [-0.39, 0.29) is 11.7 Å². The summed E-state index contributed by atoms with van der Waals surface area (Å²) in [5.74, 6) is -1.05. The van der Waals surface area contributed by atoms with Crippen LogP contribution in [-0.4, -0.2) is 47.7 Å². The summed E-state index contributed by atoms with van der Waals surface area (Å²) in [6.07, 6.45) is -11.1. The van der Waals surface area contributed by atoms with Crippen molar-refractivity contribution < 1.29 is 40.7 Å². The van der Waals surface area contributed by atoms with E-state index in [9.17, 15) is 31.1 Å². The molecule has 0 aromatic rings. The van der Waals surface area contributed by atoms with Crippen molar-refractivity contribution in [2.24, 2.45) is 0 Å². The van der Waals surface area contributed by atoms with Crippen molar-refractivity contribution in [3.63, 3.8) is 0 Å². The Balaban J connectivity index is 2.89. The first kappa shape index (κ1) is 17.0. The topological polar surface area (TPSA) is 38.5 Å². The van der Waals surface area contributed by atoms with Gasteiger partial charge >= 0.3 is 18.3 Å². The highest BCUT2D eigenvalue weighted by Gasteiger charge is 2.85. The van der Waals surface area contributed by atoms with Crippen molar-refractivity contribution in [1.82, 2.24) is 5.06 Å². The fourth-order valence-corrected chi connectivity index (χ4v) is 1.52. The Bertz CT molecular complexity index is 375. The molecule has 0 radical (unpaired) electrons. The molecule has 1 saturated heterocycles. The van der Waals surface area contributed by atoms with E-state index in [1.165, 1.54) is 6.92 Å². The zero-order valence-electron chi connectivity index (χ0n) is 10.9. The fourth-order valence-electron chi connectivity index (χ4n) is 1.52. The van der Waals surface area contributed by atoms with Gasteiger partial charge in [0.05, 0.1) is 13.2 Å². The molecule has 1 atom stereocenters. The fraction of sp³-hybridized carbons (Fsp3) is 0.900. The quantitative estimate of drug-likeness (QED) is 0.454. The van der Waals surface area contributed by atoms with E-state index in [1.807, 2.05) is 0 Å². The van der Waals surface area contributed by atoms with Crippen LogP contribution in [0.3, 0.4) is 0 Å². The lowest BCUT2D eigenvalue weighted by Crippen LogP contribution is -2.51. The van der Waals surface area contributed by atoms with Crippen molar-refractivity contribution in [2.75, 3.05) is 13.2 Å². The van der Waals surface area contributed by atoms with E-state index < -0.39 is 36.0 Å². The molecule has 1 heterocycles. The second kappa shape index (κ2) is 4.76. The van der Waals surface area contributed by atoms with Crippen LogP contribution in [0.1, 0.15) is 20.8 Å². The Labute approximate surface area is 110 Å². The minimum Gasteiger partial charge on any atom is -0.464 e. The number of esters is 1. The van der Waals surface area contributed by atoms with Crippen molar-refractivity contribution in [1.29, 1.82) is 0 Å². The average Bonchev–Trinajstić information content (AvgIpc) is 2.91. The third kappa shape index (κ3) is 2.71. The molecule has 1 unspecified atom stereocenters. The second-order valence-electron chi connectivity index (χ2n) is 4.71. The molecular weight excluding hydrogens is 296 g/mol. The van der Waals surface area contributed by atoms with Crippen LogP contribution in [0.4, 0.5) is 26.3 Å². The highest BCUT2D eigenvalue weighted by atomic mass is 19.4. The Kier molecular flexibility index (Phi) is 4.05. The number of hydroxylamine groups is 2. The predicted molar refractivity (Wildman–Crippen MR) is 53.3 cm³/mol. The lowest BCUT2D eigenvalue weighted by molar-refractivity contribution is -0.319. The van der Waals surface area contributed by atoms with Crippen LogP contribution in [-0.2, 0) is 14.4 Å². The van der Waals surface area contributed by atoms with Gasteiger partial charge in [-0.15, -0.1) is 0 Å². The largest absolute Gasteiger partial charge is 0.464 e. The molecule has 1 rings (SSSR count). The average molecular weight is 309 g/mol. The van der Waals surface area contributed by atoms with Crippen molar-refractivity contribution in [2.45, 2.75) is 44.3 Å². The first-order valence-corrected chi connectivity index (χ1v) is 5.57. The SMILES string of the molecule is CCOC(=O)C(C)(C)ON1CC1(C(F)(F)F)C(F)(F)F. The Hall–Kier alpha value is -1.03. The maximum absolute atomic E-state index is 12.6. The second-order valence-corrected chi connectivity index (χ2v) is 4.71. The van der Waals surface area contributed by atoms with Crippen LogP contribution in [0.5, 0.6) is 0 Å². The van der Waals surface area contributed by atoms with Gasteiger partial charge in [0.2, 0.25) is 0 Å². The minimum absolute atomic E-state index is 0.0741. The van der Waals surface area contributed by atoms with E-state index >= 15 is 0 Å². The molecule has 0 aromatic heterocycles. The molecule has 4 nitrogen and oxygen atoms in total. The number of halogens is 6. The van der Waals surface area contributed by atoms with Crippen LogP contribution in [0.15, 0.2) is 0 Å². The predicted octanol–water partition coefficient (Wildman–Crippen LogP) is 2.44. The summed E-state index contributed by atoms with van der Waals surface area (Å²) in [5, 5.41) is -0.288. The van der Waals surface area contributed by atoms with E-state index in [4.69, 9.17) is 0 Å². The summed E-state index contributed by atoms with van der Waals surface area (Å²) in [6, 6.07) is 0. The van der Waals surface area contributed by atoms with E-state index in [2.05, 4.69) is 9.57 Å². The molecule has 20 heavy (non-hydrogen) atoms. The van der Waals surface area contributed by atoms with Gasteiger partial charge in [-0.25, -0.2) is 4.79 Å². The minimum atomic E-state index is -5.56. The number of hydrogen-bond donors (Lipinski definition) is 0. The highest BCUT2D eigenvalue weighted by molar-refractivity contribution is 5.78. The van der Waals surface area contributed by atoms with Gasteiger partial charge < -0.3 is 4.74 Å². The van der Waals surface area contributed by atoms with Gasteiger partial charge in [0.1, 0.15) is 0 Å². The monoisotopic (exact) mass is 309 g/mol. The lowest BCUT2D eigenvalue weighted by Gasteiger charge is -2.27. The molecular formula is C10H13F6NO3. The van der Waals surface area contributed by atoms with Crippen molar-refractivity contribution >= 4 is 5.97 Å². The summed E-state index contributed by atoms with van der Waals surface area (Å²) in [4.78, 5) is 16.0. The molecule has 0 bridgehead atoms. The number of carbonyl (C=O) groups excluding carboxylic acids is 1. The Morgan fingerprint density at radius 2 is 1.60 bits per heavy atom. The van der Waals surface area contributed by atoms with E-state index in [1.54, 1.807) is 0 Å². The van der Waals surface area contributed by atoms with Gasteiger partial charge in [-0.1, -0.05) is 0 Å². The summed E-state index contributed by atoms with van der Waals surface area (Å²) in [6.45, 7) is 2.01. The number of ether oxygens (including phenoxy) is 1. The summed E-state index contributed by atoms with van der Waals surface area (Å²) >= 11 is 0. The Morgan fingerprint density at radius 1 is 1.15 bits per heavy atom. The molecule has 118 valence electrons. The Morgan fingerprint density at radius 3 is 1.90 bits per heavy atom. The van der Waals surface area contributed by atoms with Crippen LogP contribution >= 0.6 is 0 Å². The smallest absolute Gasteiger partial charge is 0.419 e. The first-order valence-electron chi connectivity index (χ1n) is 5.57. The van der Waals surface area contributed by atoms with Gasteiger partial charge in [0, 0.05) is 0 Å². The molecule has 0 N–H and O–H groups in total. The van der Waals surface area contributed by atoms with E-state index in [0.29, 0.717) is 0 Å². The van der Waals surface area contributed by atoms with Gasteiger partial charge in [-0.05, 0) is 20.8 Å². The maximum atomic E-state index is 12.6. The number of alkyl halides is 6. The number of nitrogens with zero attached hydrogens (tertiary/aromatic N) is 1. The molecule has 0 aromatic carbocycles. The van der Waals surface area contributed by atoms with Gasteiger partial charge in [-0.2, -0.15) is 31.4 Å². The standard InChI is InChI=1S/C10H13F6NO3/c1-4-19-6(18)7(2,3)20-17-5-8(17,9(11,12)13)10(14,15)16/h4-5H2,1-3H3. The highest BCUT2D eigenvalue weighted by Crippen LogP contribution is 2.57. The zero-order chi connectivity index (χ0) is 16.0. The van der Waals surface area contributed by atoms with Gasteiger partial charge in [0.25, 0.3) is 5.54 Å². The summed E-state index contributed by atoms with van der Waals surface area (Å²) in [5.41, 5.74) is -6.02. The number of hydrogen-bond acceptors (Lipinski definition) is 4. The van der Waals surface area contributed by atoms with Crippen LogP contribution in [0.2, 0.25) is 0 Å². The molecule has 1 fully saturated rings. The normalized spacial score (nSPS) is 22.6. The van der Waals surface area contributed by atoms with Crippen LogP contribution < -0.4 is 0 Å². The molecule has 0 aliphatic carbocycles. The van der Waals surface area contributed by atoms with Gasteiger partial charge in [0.15, 0.2) is 5.60 Å². The molecule has 0 amide bonds. The van der Waals surface area contributed by atoms with E-state index in [0.717, 1.165) is 13.8 Å². The van der Waals surface area contributed by atoms with Crippen molar-refractivity contribution in [3.8, 4) is 0 Å². The molecule has 1 aliphatic rings. The zero-order valence-corrected chi connectivity index (χ0v) is 10.9. The first-order chi connectivity index (χ1) is 8.79. The number of rotatable bonds is 4. The van der Waals surface area contributed by atoms with Crippen molar-refractivity contribution in [3.05, 3.63) is 0 Å². The molecule has 1 aliphatic heterocycles. The lowest BCUT2D eigenvalue weighted by atomic mass is 10.1. The third-order valence-electron chi connectivity index (χ3n) is 2.74. The molecule has 10 heteroatoms. The maximum Gasteiger partial charge on any atom is 0.419 e. The molecule has 0 saturated carbocycles.